The largest absolute Gasteiger partial charge is 0.356 e. The Bertz CT molecular complexity index is 721. The molecule has 34 heavy (non-hydrogen) atoms. The standard InChI is InChI=1S/C27H45N3O4/c1-4-5-6-9-12-21-13-10-7-8-11-14-27(15-16-28-26(27)34)18-22(19-31)29-25(33)23(17-20(2)3)30-24(21)32/h8,11,19-23H,4-7,9-10,12-18H2,1-3H3,(H,28,34)(H,29,33)(H,30,32)/b11-8+/t21?,22-,23-,27?/m0/s1. The summed E-state index contributed by atoms with van der Waals surface area (Å²) < 4.78 is 0. The van der Waals surface area contributed by atoms with E-state index >= 15 is 0 Å². The number of carbonyl (C=O) groups is 4. The molecule has 2 unspecified atom stereocenters. The van der Waals surface area contributed by atoms with E-state index in [0.29, 0.717) is 25.8 Å². The third-order valence-corrected chi connectivity index (χ3v) is 7.19. The average Bonchev–Trinajstić information content (AvgIpc) is 3.15. The van der Waals surface area contributed by atoms with Crippen molar-refractivity contribution in [2.75, 3.05) is 6.54 Å². The number of hydrogen-bond acceptors (Lipinski definition) is 4. The molecule has 0 aliphatic carbocycles. The summed E-state index contributed by atoms with van der Waals surface area (Å²) in [5.74, 6) is -0.381. The molecule has 3 N–H and O–H groups in total. The highest BCUT2D eigenvalue weighted by molar-refractivity contribution is 5.90. The van der Waals surface area contributed by atoms with Gasteiger partial charge in [0.15, 0.2) is 0 Å². The smallest absolute Gasteiger partial charge is 0.243 e. The van der Waals surface area contributed by atoms with Gasteiger partial charge in [-0.3, -0.25) is 14.4 Å². The Hall–Kier alpha value is -2.18. The van der Waals surface area contributed by atoms with Gasteiger partial charge in [0.2, 0.25) is 17.7 Å². The van der Waals surface area contributed by atoms with Crippen LogP contribution in [0.25, 0.3) is 0 Å². The first-order valence-electron chi connectivity index (χ1n) is 13.3. The fourth-order valence-corrected chi connectivity index (χ4v) is 5.15. The predicted molar refractivity (Wildman–Crippen MR) is 134 cm³/mol. The van der Waals surface area contributed by atoms with Crippen LogP contribution in [-0.2, 0) is 19.2 Å². The minimum Gasteiger partial charge on any atom is -0.356 e. The van der Waals surface area contributed by atoms with E-state index in [0.717, 1.165) is 57.7 Å². The van der Waals surface area contributed by atoms with Gasteiger partial charge in [0.05, 0.1) is 11.5 Å². The SMILES string of the molecule is CCCCCCC1CCC/C=C/CC2(CCNC2=O)C[C@@H](C=O)NC(=O)[C@H](CC(C)C)NC1=O. The van der Waals surface area contributed by atoms with Crippen molar-refractivity contribution in [3.63, 3.8) is 0 Å². The van der Waals surface area contributed by atoms with E-state index in [1.807, 2.05) is 19.9 Å². The number of unbranched alkanes of at least 4 members (excludes halogenated alkanes) is 3. The van der Waals surface area contributed by atoms with Gasteiger partial charge in [-0.2, -0.15) is 0 Å². The van der Waals surface area contributed by atoms with Gasteiger partial charge in [0.25, 0.3) is 0 Å². The average molecular weight is 476 g/mol. The molecule has 2 aliphatic rings. The van der Waals surface area contributed by atoms with Crippen molar-refractivity contribution in [3.8, 4) is 0 Å². The maximum absolute atomic E-state index is 13.2. The normalized spacial score (nSPS) is 30.2. The summed E-state index contributed by atoms with van der Waals surface area (Å²) in [5.41, 5.74) is -0.686. The van der Waals surface area contributed by atoms with Crippen molar-refractivity contribution in [2.24, 2.45) is 17.3 Å². The molecule has 0 aromatic heterocycles. The van der Waals surface area contributed by atoms with Crippen LogP contribution in [0.4, 0.5) is 0 Å². The number of carbonyl (C=O) groups excluding carboxylic acids is 4. The number of amides is 3. The minimum atomic E-state index is -0.772. The fourth-order valence-electron chi connectivity index (χ4n) is 5.15. The summed E-state index contributed by atoms with van der Waals surface area (Å²) in [4.78, 5) is 51.0. The molecular weight excluding hydrogens is 430 g/mol. The van der Waals surface area contributed by atoms with Crippen molar-refractivity contribution in [1.29, 1.82) is 0 Å². The molecule has 1 spiro atoms. The molecule has 0 aromatic carbocycles. The zero-order chi connectivity index (χ0) is 25.0. The van der Waals surface area contributed by atoms with Crippen LogP contribution in [0.5, 0.6) is 0 Å². The molecule has 1 fully saturated rings. The van der Waals surface area contributed by atoms with Crippen LogP contribution in [-0.4, -0.2) is 42.6 Å². The first-order chi connectivity index (χ1) is 16.3. The number of aldehydes is 1. The number of nitrogens with one attached hydrogen (secondary N) is 3. The number of rotatable bonds is 8. The van der Waals surface area contributed by atoms with Gasteiger partial charge in [-0.15, -0.1) is 0 Å². The molecule has 2 aliphatic heterocycles. The van der Waals surface area contributed by atoms with E-state index in [2.05, 4.69) is 29.0 Å². The van der Waals surface area contributed by atoms with Gasteiger partial charge in [0.1, 0.15) is 12.3 Å². The highest BCUT2D eigenvalue weighted by atomic mass is 16.2. The number of hydrogen-bond donors (Lipinski definition) is 3. The molecule has 2 rings (SSSR count). The van der Waals surface area contributed by atoms with E-state index in [9.17, 15) is 19.2 Å². The van der Waals surface area contributed by atoms with Crippen LogP contribution in [0.1, 0.15) is 97.8 Å². The molecular formula is C27H45N3O4. The summed E-state index contributed by atoms with van der Waals surface area (Å²) in [6.45, 7) is 6.78. The lowest BCUT2D eigenvalue weighted by molar-refractivity contribution is -0.133. The van der Waals surface area contributed by atoms with Crippen LogP contribution in [0, 0.1) is 17.3 Å². The highest BCUT2D eigenvalue weighted by Crippen LogP contribution is 2.36. The Kier molecular flexibility index (Phi) is 11.8. The second-order valence-electron chi connectivity index (χ2n) is 10.6. The summed E-state index contributed by atoms with van der Waals surface area (Å²) in [6.07, 6.45) is 14.6. The van der Waals surface area contributed by atoms with E-state index in [-0.39, 0.29) is 36.0 Å². The summed E-state index contributed by atoms with van der Waals surface area (Å²) in [6, 6.07) is -1.46. The molecule has 0 saturated carbocycles. The van der Waals surface area contributed by atoms with Crippen LogP contribution in [0.15, 0.2) is 12.2 Å². The molecule has 1 saturated heterocycles. The van der Waals surface area contributed by atoms with E-state index < -0.39 is 17.5 Å². The monoisotopic (exact) mass is 475 g/mol. The predicted octanol–water partition coefficient (Wildman–Crippen LogP) is 3.81. The van der Waals surface area contributed by atoms with Crippen LogP contribution >= 0.6 is 0 Å². The molecule has 0 aromatic rings. The lowest BCUT2D eigenvalue weighted by Gasteiger charge is -2.29. The van der Waals surface area contributed by atoms with Gasteiger partial charge in [0, 0.05) is 12.5 Å². The van der Waals surface area contributed by atoms with E-state index in [1.54, 1.807) is 0 Å². The lowest BCUT2D eigenvalue weighted by atomic mass is 9.77. The third-order valence-electron chi connectivity index (χ3n) is 7.19. The fraction of sp³-hybridized carbons (Fsp3) is 0.778. The second-order valence-corrected chi connectivity index (χ2v) is 10.6. The van der Waals surface area contributed by atoms with Gasteiger partial charge >= 0.3 is 0 Å². The van der Waals surface area contributed by atoms with Crippen molar-refractivity contribution >= 4 is 24.0 Å². The second kappa shape index (κ2) is 14.3. The molecule has 0 bridgehead atoms. The van der Waals surface area contributed by atoms with E-state index in [1.165, 1.54) is 0 Å². The Morgan fingerprint density at radius 1 is 1.09 bits per heavy atom. The van der Waals surface area contributed by atoms with Crippen molar-refractivity contribution in [2.45, 2.75) is 110 Å². The van der Waals surface area contributed by atoms with Crippen molar-refractivity contribution in [3.05, 3.63) is 12.2 Å². The minimum absolute atomic E-state index is 0.0539. The Balaban J connectivity index is 2.24. The molecule has 7 heteroatoms. The Morgan fingerprint density at radius 2 is 1.88 bits per heavy atom. The first-order valence-corrected chi connectivity index (χ1v) is 13.3. The van der Waals surface area contributed by atoms with Crippen molar-refractivity contribution < 1.29 is 19.2 Å². The third kappa shape index (κ3) is 8.55. The summed E-state index contributed by atoms with van der Waals surface area (Å²) >= 11 is 0. The molecule has 7 nitrogen and oxygen atoms in total. The maximum Gasteiger partial charge on any atom is 0.243 e. The highest BCUT2D eigenvalue weighted by Gasteiger charge is 2.43. The topological polar surface area (TPSA) is 104 Å². The molecule has 3 amide bonds. The van der Waals surface area contributed by atoms with Crippen LogP contribution in [0.3, 0.4) is 0 Å². The number of allylic oxidation sites excluding steroid dienone is 2. The van der Waals surface area contributed by atoms with Gasteiger partial charge in [-0.1, -0.05) is 58.6 Å². The molecule has 4 atom stereocenters. The maximum atomic E-state index is 13.2. The zero-order valence-electron chi connectivity index (χ0n) is 21.4. The summed E-state index contributed by atoms with van der Waals surface area (Å²) in [7, 11) is 0. The quantitative estimate of drug-likeness (QED) is 0.282. The van der Waals surface area contributed by atoms with Crippen LogP contribution in [0.2, 0.25) is 0 Å². The Labute approximate surface area is 205 Å². The summed E-state index contributed by atoms with van der Waals surface area (Å²) in [5, 5.41) is 8.74. The lowest BCUT2D eigenvalue weighted by Crippen LogP contribution is -2.53. The van der Waals surface area contributed by atoms with Crippen molar-refractivity contribution in [1.82, 2.24) is 16.0 Å². The van der Waals surface area contributed by atoms with Gasteiger partial charge in [-0.25, -0.2) is 0 Å². The van der Waals surface area contributed by atoms with Crippen LogP contribution < -0.4 is 16.0 Å². The first kappa shape index (κ1) is 28.1. The van der Waals surface area contributed by atoms with Gasteiger partial charge in [-0.05, 0) is 57.3 Å². The Morgan fingerprint density at radius 3 is 2.53 bits per heavy atom. The zero-order valence-corrected chi connectivity index (χ0v) is 21.4. The van der Waals surface area contributed by atoms with Gasteiger partial charge < -0.3 is 20.7 Å². The molecule has 192 valence electrons. The molecule has 0 radical (unpaired) electrons. The van der Waals surface area contributed by atoms with E-state index in [4.69, 9.17) is 0 Å². The molecule has 2 heterocycles.